The van der Waals surface area contributed by atoms with Gasteiger partial charge in [-0.05, 0) is 63.4 Å². The van der Waals surface area contributed by atoms with Gasteiger partial charge in [-0.1, -0.05) is 12.1 Å². The molecule has 0 aliphatic heterocycles. The van der Waals surface area contributed by atoms with Crippen LogP contribution in [0.15, 0.2) is 36.4 Å². The van der Waals surface area contributed by atoms with Crippen LogP contribution >= 0.6 is 0 Å². The minimum absolute atomic E-state index is 0.0112. The van der Waals surface area contributed by atoms with Crippen LogP contribution in [0.4, 0.5) is 5.82 Å². The Hall–Kier alpha value is -3.13. The highest BCUT2D eigenvalue weighted by atomic mass is 16.6. The Morgan fingerprint density at radius 3 is 2.44 bits per heavy atom. The van der Waals surface area contributed by atoms with E-state index >= 15 is 0 Å². The van der Waals surface area contributed by atoms with Crippen molar-refractivity contribution in [2.75, 3.05) is 19.5 Å². The van der Waals surface area contributed by atoms with E-state index in [-0.39, 0.29) is 18.7 Å². The quantitative estimate of drug-likeness (QED) is 0.536. The van der Waals surface area contributed by atoms with Gasteiger partial charge in [0.05, 0.1) is 32.4 Å². The molecule has 0 fully saturated rings. The molecular weight excluding hydrogens is 412 g/mol. The first-order valence-electron chi connectivity index (χ1n) is 10.5. The van der Waals surface area contributed by atoms with Crippen LogP contribution < -0.4 is 14.8 Å². The molecule has 0 saturated carbocycles. The Bertz CT molecular complexity index is 923. The molecule has 1 aromatic heterocycles. The van der Waals surface area contributed by atoms with Crippen molar-refractivity contribution in [3.05, 3.63) is 47.7 Å². The maximum atomic E-state index is 12.1. The van der Waals surface area contributed by atoms with Crippen LogP contribution in [0.25, 0.3) is 0 Å². The highest BCUT2D eigenvalue weighted by Crippen LogP contribution is 2.29. The highest BCUT2D eigenvalue weighted by molar-refractivity contribution is 5.91. The van der Waals surface area contributed by atoms with Crippen molar-refractivity contribution in [3.63, 3.8) is 0 Å². The third-order valence-corrected chi connectivity index (χ3v) is 4.51. The molecule has 1 amide bonds. The molecule has 174 valence electrons. The molecule has 0 aliphatic carbocycles. The molecule has 0 bridgehead atoms. The van der Waals surface area contributed by atoms with Crippen LogP contribution in [-0.2, 0) is 20.7 Å². The zero-order valence-electron chi connectivity index (χ0n) is 19.3. The molecule has 1 heterocycles. The van der Waals surface area contributed by atoms with Gasteiger partial charge in [-0.25, -0.2) is 4.98 Å². The van der Waals surface area contributed by atoms with Crippen molar-refractivity contribution in [1.82, 2.24) is 4.98 Å². The lowest BCUT2D eigenvalue weighted by Gasteiger charge is -2.19. The minimum atomic E-state index is -0.804. The Kier molecular flexibility index (Phi) is 9.02. The maximum Gasteiger partial charge on any atom is 0.306 e. The summed E-state index contributed by atoms with van der Waals surface area (Å²) >= 11 is 0. The second-order valence-electron chi connectivity index (χ2n) is 8.33. The first kappa shape index (κ1) is 25.1. The van der Waals surface area contributed by atoms with Crippen molar-refractivity contribution in [1.29, 1.82) is 0 Å². The van der Waals surface area contributed by atoms with E-state index in [1.807, 2.05) is 18.2 Å². The summed E-state index contributed by atoms with van der Waals surface area (Å²) in [5, 5.41) is 13.2. The number of aliphatic hydroxyl groups is 1. The summed E-state index contributed by atoms with van der Waals surface area (Å²) in [6, 6.07) is 10.7. The van der Waals surface area contributed by atoms with Gasteiger partial charge >= 0.3 is 5.97 Å². The predicted molar refractivity (Wildman–Crippen MR) is 121 cm³/mol. The Morgan fingerprint density at radius 1 is 1.06 bits per heavy atom. The van der Waals surface area contributed by atoms with Crippen molar-refractivity contribution < 1.29 is 28.9 Å². The monoisotopic (exact) mass is 444 g/mol. The van der Waals surface area contributed by atoms with Gasteiger partial charge in [-0.3, -0.25) is 9.59 Å². The highest BCUT2D eigenvalue weighted by Gasteiger charge is 2.17. The van der Waals surface area contributed by atoms with Crippen molar-refractivity contribution >= 4 is 17.7 Å². The fraction of sp³-hybridized carbons (Fsp3) is 0.458. The fourth-order valence-electron chi connectivity index (χ4n) is 3.01. The first-order chi connectivity index (χ1) is 15.1. The molecule has 0 unspecified atom stereocenters. The average molecular weight is 445 g/mol. The largest absolute Gasteiger partial charge is 0.493 e. The van der Waals surface area contributed by atoms with Crippen molar-refractivity contribution in [3.8, 4) is 11.5 Å². The van der Waals surface area contributed by atoms with Crippen LogP contribution in [0.1, 0.15) is 57.4 Å². The third kappa shape index (κ3) is 8.19. The second kappa shape index (κ2) is 11.5. The minimum Gasteiger partial charge on any atom is -0.493 e. The van der Waals surface area contributed by atoms with E-state index in [2.05, 4.69) is 10.3 Å². The van der Waals surface area contributed by atoms with E-state index in [4.69, 9.17) is 14.2 Å². The van der Waals surface area contributed by atoms with E-state index in [1.54, 1.807) is 53.2 Å². The van der Waals surface area contributed by atoms with Crippen LogP contribution in [0.2, 0.25) is 0 Å². The zero-order valence-corrected chi connectivity index (χ0v) is 19.3. The lowest BCUT2D eigenvalue weighted by molar-refractivity contribution is -0.155. The number of nitrogens with one attached hydrogen (secondary N) is 1. The number of aliphatic hydroxyl groups excluding tert-OH is 1. The number of pyridine rings is 1. The van der Waals surface area contributed by atoms with Crippen LogP contribution in [0.5, 0.6) is 11.5 Å². The van der Waals surface area contributed by atoms with E-state index in [9.17, 15) is 14.7 Å². The number of hydrogen-bond acceptors (Lipinski definition) is 7. The number of hydrogen-bond donors (Lipinski definition) is 2. The van der Waals surface area contributed by atoms with Gasteiger partial charge < -0.3 is 24.6 Å². The first-order valence-corrected chi connectivity index (χ1v) is 10.5. The number of nitrogens with zero attached hydrogens (tertiary/aromatic N) is 1. The van der Waals surface area contributed by atoms with Crippen LogP contribution in [0.3, 0.4) is 0 Å². The predicted octanol–water partition coefficient (Wildman–Crippen LogP) is 3.83. The standard InChI is InChI=1S/C24H32N2O6/c1-24(2,3)32-23(29)14-13-22(28)26-21-8-6-7-17(25-21)18(27)11-9-16-10-12-19(30-4)20(15-16)31-5/h6-8,10,12,15,18,27H,9,11,13-14H2,1-5H3,(H,25,26,28)/t18-/m1/s1. The van der Waals surface area contributed by atoms with Gasteiger partial charge in [0.2, 0.25) is 5.91 Å². The van der Waals surface area contributed by atoms with E-state index < -0.39 is 17.7 Å². The summed E-state index contributed by atoms with van der Waals surface area (Å²) in [6.07, 6.45) is 0.217. The molecule has 1 atom stereocenters. The van der Waals surface area contributed by atoms with Gasteiger partial charge in [0, 0.05) is 6.42 Å². The smallest absolute Gasteiger partial charge is 0.306 e. The molecule has 8 heteroatoms. The number of amides is 1. The zero-order chi connectivity index (χ0) is 23.7. The number of ether oxygens (including phenoxy) is 3. The van der Waals surface area contributed by atoms with E-state index in [0.717, 1.165) is 5.56 Å². The number of anilines is 1. The lowest BCUT2D eigenvalue weighted by atomic mass is 10.0. The second-order valence-corrected chi connectivity index (χ2v) is 8.33. The number of aromatic nitrogens is 1. The number of methoxy groups -OCH3 is 2. The molecule has 0 saturated heterocycles. The molecule has 0 radical (unpaired) electrons. The summed E-state index contributed by atoms with van der Waals surface area (Å²) in [5.41, 5.74) is 0.861. The van der Waals surface area contributed by atoms with E-state index in [1.165, 1.54) is 0 Å². The number of aryl methyl sites for hydroxylation is 1. The molecule has 32 heavy (non-hydrogen) atoms. The summed E-state index contributed by atoms with van der Waals surface area (Å²) in [5.74, 6) is 0.824. The van der Waals surface area contributed by atoms with Gasteiger partial charge in [0.15, 0.2) is 11.5 Å². The number of esters is 1. The fourth-order valence-corrected chi connectivity index (χ4v) is 3.01. The molecule has 1 aromatic carbocycles. The van der Waals surface area contributed by atoms with E-state index in [0.29, 0.717) is 35.9 Å². The third-order valence-electron chi connectivity index (χ3n) is 4.51. The Morgan fingerprint density at radius 2 is 1.78 bits per heavy atom. The topological polar surface area (TPSA) is 107 Å². The Labute approximate surface area is 188 Å². The molecule has 0 aliphatic rings. The van der Waals surface area contributed by atoms with Crippen LogP contribution in [0, 0.1) is 0 Å². The van der Waals surface area contributed by atoms with Gasteiger partial charge in [-0.2, -0.15) is 0 Å². The SMILES string of the molecule is COc1ccc(CC[C@@H](O)c2cccc(NC(=O)CCC(=O)OC(C)(C)C)n2)cc1OC. The van der Waals surface area contributed by atoms with Gasteiger partial charge in [0.1, 0.15) is 11.4 Å². The van der Waals surface area contributed by atoms with Gasteiger partial charge in [0.25, 0.3) is 0 Å². The van der Waals surface area contributed by atoms with Gasteiger partial charge in [-0.15, -0.1) is 0 Å². The summed E-state index contributed by atoms with van der Waals surface area (Å²) in [7, 11) is 3.16. The summed E-state index contributed by atoms with van der Waals surface area (Å²) in [6.45, 7) is 5.32. The number of rotatable bonds is 10. The molecular formula is C24H32N2O6. The summed E-state index contributed by atoms with van der Waals surface area (Å²) in [4.78, 5) is 28.2. The molecule has 8 nitrogen and oxygen atoms in total. The Balaban J connectivity index is 1.90. The maximum absolute atomic E-state index is 12.1. The molecule has 2 N–H and O–H groups in total. The van der Waals surface area contributed by atoms with Crippen molar-refractivity contribution in [2.45, 2.75) is 58.2 Å². The molecule has 0 spiro atoms. The molecule has 2 aromatic rings. The number of carbonyl (C=O) groups excluding carboxylic acids is 2. The molecule has 2 rings (SSSR count). The van der Waals surface area contributed by atoms with Crippen LogP contribution in [-0.4, -0.2) is 41.8 Å². The normalized spacial score (nSPS) is 12.1. The lowest BCUT2D eigenvalue weighted by Crippen LogP contribution is -2.24. The average Bonchev–Trinajstić information content (AvgIpc) is 2.74. The number of carbonyl (C=O) groups is 2. The summed E-state index contributed by atoms with van der Waals surface area (Å²) < 4.78 is 15.7. The number of benzene rings is 1. The van der Waals surface area contributed by atoms with Crippen molar-refractivity contribution in [2.24, 2.45) is 0 Å².